The Kier molecular flexibility index (Phi) is 5.64. The van der Waals surface area contributed by atoms with Gasteiger partial charge < -0.3 is 11.1 Å². The van der Waals surface area contributed by atoms with Gasteiger partial charge in [0.25, 0.3) is 5.91 Å². The quantitative estimate of drug-likeness (QED) is 0.541. The lowest BCUT2D eigenvalue weighted by molar-refractivity contribution is -0.118. The normalized spacial score (nSPS) is 10.1. The number of carbonyl (C=O) groups is 2. The number of unbranched alkanes of at least 4 members (excludes halogenated alkanes) is 1. The van der Waals surface area contributed by atoms with Crippen LogP contribution in [0.4, 0.5) is 4.39 Å². The van der Waals surface area contributed by atoms with Crippen LogP contribution in [0.5, 0.6) is 0 Å². The second kappa shape index (κ2) is 7.00. The number of amides is 2. The maximum absolute atomic E-state index is 13.3. The Hall–Kier alpha value is -1.56. The maximum atomic E-state index is 13.3. The second-order valence-electron chi connectivity index (χ2n) is 3.84. The zero-order chi connectivity index (χ0) is 13.5. The monoisotopic (exact) mass is 270 g/mol. The number of carbonyl (C=O) groups excluding carboxylic acids is 2. The van der Waals surface area contributed by atoms with Gasteiger partial charge in [-0.05, 0) is 31.0 Å². The van der Waals surface area contributed by atoms with Crippen molar-refractivity contribution in [2.45, 2.75) is 24.2 Å². The minimum absolute atomic E-state index is 0.0302. The maximum Gasteiger partial charge on any atom is 0.254 e. The number of thiol groups is 1. The molecular formula is C12H15FN2O2S. The topological polar surface area (TPSA) is 72.2 Å². The van der Waals surface area contributed by atoms with Crippen LogP contribution in [0.2, 0.25) is 0 Å². The van der Waals surface area contributed by atoms with Crippen LogP contribution in [-0.2, 0) is 4.79 Å². The molecule has 1 aromatic carbocycles. The summed E-state index contributed by atoms with van der Waals surface area (Å²) in [6.07, 6.45) is 1.51. The Morgan fingerprint density at radius 3 is 2.72 bits per heavy atom. The van der Waals surface area contributed by atoms with E-state index in [1.807, 2.05) is 0 Å². The molecule has 0 heterocycles. The van der Waals surface area contributed by atoms with Crippen LogP contribution in [0.3, 0.4) is 0 Å². The standard InChI is InChI=1S/C12H15FN2O2S/c13-10-5-4-8(18)7-9(10)12(17)15-6-2-1-3-11(14)16/h4-5,7,18H,1-3,6H2,(H2,14,16)(H,15,17). The highest BCUT2D eigenvalue weighted by Gasteiger charge is 2.11. The zero-order valence-corrected chi connectivity index (χ0v) is 10.7. The Balaban J connectivity index is 2.41. The number of primary amides is 1. The Bertz CT molecular complexity index is 452. The van der Waals surface area contributed by atoms with Gasteiger partial charge in [-0.25, -0.2) is 4.39 Å². The van der Waals surface area contributed by atoms with Crippen molar-refractivity contribution in [2.24, 2.45) is 5.73 Å². The first kappa shape index (κ1) is 14.5. The summed E-state index contributed by atoms with van der Waals surface area (Å²) in [6.45, 7) is 0.377. The molecule has 0 radical (unpaired) electrons. The second-order valence-corrected chi connectivity index (χ2v) is 4.36. The lowest BCUT2D eigenvalue weighted by Gasteiger charge is -2.06. The van der Waals surface area contributed by atoms with Crippen molar-refractivity contribution in [3.63, 3.8) is 0 Å². The molecule has 18 heavy (non-hydrogen) atoms. The first-order chi connectivity index (χ1) is 8.50. The van der Waals surface area contributed by atoms with E-state index < -0.39 is 11.7 Å². The Labute approximate surface area is 110 Å². The lowest BCUT2D eigenvalue weighted by Crippen LogP contribution is -2.25. The molecule has 1 rings (SSSR count). The highest BCUT2D eigenvalue weighted by Crippen LogP contribution is 2.13. The number of rotatable bonds is 6. The smallest absolute Gasteiger partial charge is 0.254 e. The number of nitrogens with two attached hydrogens (primary N) is 1. The average molecular weight is 270 g/mol. The molecule has 2 amide bonds. The molecule has 98 valence electrons. The molecule has 0 aromatic heterocycles. The largest absolute Gasteiger partial charge is 0.370 e. The van der Waals surface area contributed by atoms with Gasteiger partial charge in [-0.15, -0.1) is 12.6 Å². The number of hydrogen-bond donors (Lipinski definition) is 3. The van der Waals surface area contributed by atoms with Gasteiger partial charge in [0.15, 0.2) is 0 Å². The Morgan fingerprint density at radius 1 is 1.33 bits per heavy atom. The molecule has 0 atom stereocenters. The minimum Gasteiger partial charge on any atom is -0.370 e. The van der Waals surface area contributed by atoms with Crippen molar-refractivity contribution in [3.05, 3.63) is 29.6 Å². The summed E-state index contributed by atoms with van der Waals surface area (Å²) in [5.74, 6) is -1.43. The van der Waals surface area contributed by atoms with Crippen LogP contribution in [0, 0.1) is 5.82 Å². The minimum atomic E-state index is -0.581. The van der Waals surface area contributed by atoms with E-state index in [1.165, 1.54) is 18.2 Å². The van der Waals surface area contributed by atoms with Crippen LogP contribution >= 0.6 is 12.6 Å². The molecule has 0 spiro atoms. The van der Waals surface area contributed by atoms with Crippen LogP contribution in [0.15, 0.2) is 23.1 Å². The summed E-state index contributed by atoms with van der Waals surface area (Å²) in [6, 6.07) is 4.05. The van der Waals surface area contributed by atoms with Gasteiger partial charge in [0.1, 0.15) is 5.82 Å². The summed E-state index contributed by atoms with van der Waals surface area (Å²) >= 11 is 4.04. The van der Waals surface area contributed by atoms with E-state index in [0.29, 0.717) is 24.3 Å². The molecular weight excluding hydrogens is 255 g/mol. The SMILES string of the molecule is NC(=O)CCCCNC(=O)c1cc(S)ccc1F. The van der Waals surface area contributed by atoms with Gasteiger partial charge in [0, 0.05) is 17.9 Å². The van der Waals surface area contributed by atoms with E-state index in [2.05, 4.69) is 17.9 Å². The predicted octanol–water partition coefficient (Wildman–Crippen LogP) is 1.50. The van der Waals surface area contributed by atoms with Crippen molar-refractivity contribution in [1.82, 2.24) is 5.32 Å². The average Bonchev–Trinajstić information content (AvgIpc) is 2.31. The van der Waals surface area contributed by atoms with Gasteiger partial charge in [0.05, 0.1) is 5.56 Å². The van der Waals surface area contributed by atoms with Crippen LogP contribution in [0.25, 0.3) is 0 Å². The van der Waals surface area contributed by atoms with Crippen molar-refractivity contribution < 1.29 is 14.0 Å². The fourth-order valence-electron chi connectivity index (χ4n) is 1.41. The molecule has 0 fully saturated rings. The first-order valence-corrected chi connectivity index (χ1v) is 6.00. The van der Waals surface area contributed by atoms with Crippen molar-refractivity contribution in [2.75, 3.05) is 6.54 Å². The lowest BCUT2D eigenvalue weighted by atomic mass is 10.2. The van der Waals surface area contributed by atoms with Crippen molar-refractivity contribution in [1.29, 1.82) is 0 Å². The van der Waals surface area contributed by atoms with E-state index in [0.717, 1.165) is 0 Å². The van der Waals surface area contributed by atoms with E-state index in [4.69, 9.17) is 5.73 Å². The molecule has 0 saturated carbocycles. The number of benzene rings is 1. The summed E-state index contributed by atoms with van der Waals surface area (Å²) in [5.41, 5.74) is 4.95. The number of halogens is 1. The number of nitrogens with one attached hydrogen (secondary N) is 1. The summed E-state index contributed by atoms with van der Waals surface area (Å²) in [5, 5.41) is 2.58. The molecule has 0 unspecified atom stereocenters. The van der Waals surface area contributed by atoms with E-state index in [-0.39, 0.29) is 17.9 Å². The van der Waals surface area contributed by atoms with Crippen LogP contribution in [0.1, 0.15) is 29.6 Å². The molecule has 0 aliphatic heterocycles. The van der Waals surface area contributed by atoms with E-state index in [1.54, 1.807) is 0 Å². The fraction of sp³-hybridized carbons (Fsp3) is 0.333. The highest BCUT2D eigenvalue weighted by atomic mass is 32.1. The molecule has 0 aliphatic rings. The third-order valence-corrected chi connectivity index (χ3v) is 2.61. The fourth-order valence-corrected chi connectivity index (χ4v) is 1.61. The third kappa shape index (κ3) is 4.75. The summed E-state index contributed by atoms with van der Waals surface area (Å²) in [7, 11) is 0. The molecule has 0 bridgehead atoms. The van der Waals surface area contributed by atoms with Gasteiger partial charge in [-0.1, -0.05) is 0 Å². The van der Waals surface area contributed by atoms with Crippen LogP contribution in [-0.4, -0.2) is 18.4 Å². The third-order valence-electron chi connectivity index (χ3n) is 2.33. The van der Waals surface area contributed by atoms with Gasteiger partial charge in [-0.3, -0.25) is 9.59 Å². The van der Waals surface area contributed by atoms with E-state index >= 15 is 0 Å². The van der Waals surface area contributed by atoms with Gasteiger partial charge in [-0.2, -0.15) is 0 Å². The molecule has 4 nitrogen and oxygen atoms in total. The van der Waals surface area contributed by atoms with E-state index in [9.17, 15) is 14.0 Å². The highest BCUT2D eigenvalue weighted by molar-refractivity contribution is 7.80. The summed E-state index contributed by atoms with van der Waals surface area (Å²) < 4.78 is 13.3. The number of hydrogen-bond acceptors (Lipinski definition) is 3. The first-order valence-electron chi connectivity index (χ1n) is 5.55. The zero-order valence-electron chi connectivity index (χ0n) is 9.78. The van der Waals surface area contributed by atoms with Gasteiger partial charge >= 0.3 is 0 Å². The molecule has 6 heteroatoms. The van der Waals surface area contributed by atoms with Gasteiger partial charge in [0.2, 0.25) is 5.91 Å². The molecule has 0 saturated heterocycles. The van der Waals surface area contributed by atoms with Crippen LogP contribution < -0.4 is 11.1 Å². The molecule has 1 aromatic rings. The molecule has 3 N–H and O–H groups in total. The molecule has 0 aliphatic carbocycles. The Morgan fingerprint density at radius 2 is 2.06 bits per heavy atom. The predicted molar refractivity (Wildman–Crippen MR) is 69.0 cm³/mol. The summed E-state index contributed by atoms with van der Waals surface area (Å²) in [4.78, 5) is 22.6. The van der Waals surface area contributed by atoms with Crippen molar-refractivity contribution >= 4 is 24.4 Å². The van der Waals surface area contributed by atoms with Crippen molar-refractivity contribution in [3.8, 4) is 0 Å².